The highest BCUT2D eigenvalue weighted by Gasteiger charge is 2.27. The highest BCUT2D eigenvalue weighted by molar-refractivity contribution is 5.60. The molecule has 0 amide bonds. The second-order valence-corrected chi connectivity index (χ2v) is 5.46. The quantitative estimate of drug-likeness (QED) is 0.934. The average Bonchev–Trinajstić information content (AvgIpc) is 2.82. The van der Waals surface area contributed by atoms with Crippen LogP contribution in [0.2, 0.25) is 0 Å². The molecule has 0 spiro atoms. The number of nitrogens with two attached hydrogens (primary N) is 1. The molecule has 0 radical (unpaired) electrons. The molecule has 0 aliphatic carbocycles. The largest absolute Gasteiger partial charge is 0.366 e. The van der Waals surface area contributed by atoms with E-state index in [9.17, 15) is 8.78 Å². The normalized spacial score (nSPS) is 17.1. The molecular formula is C17H18F2N2. The minimum absolute atomic E-state index is 0.413. The van der Waals surface area contributed by atoms with Gasteiger partial charge in [-0.25, -0.2) is 8.78 Å². The van der Waals surface area contributed by atoms with Crippen molar-refractivity contribution in [2.75, 3.05) is 18.0 Å². The van der Waals surface area contributed by atoms with Crippen LogP contribution >= 0.6 is 0 Å². The van der Waals surface area contributed by atoms with E-state index in [1.165, 1.54) is 23.4 Å². The molecule has 1 heterocycles. The van der Waals surface area contributed by atoms with E-state index >= 15 is 0 Å². The van der Waals surface area contributed by atoms with Gasteiger partial charge in [0.15, 0.2) is 11.6 Å². The Morgan fingerprint density at radius 1 is 1.10 bits per heavy atom. The van der Waals surface area contributed by atoms with Crippen molar-refractivity contribution < 1.29 is 8.78 Å². The summed E-state index contributed by atoms with van der Waals surface area (Å²) in [5.41, 5.74) is 8.93. The summed E-state index contributed by atoms with van der Waals surface area (Å²) in [4.78, 5) is 2.21. The Labute approximate surface area is 123 Å². The van der Waals surface area contributed by atoms with Gasteiger partial charge in [-0.3, -0.25) is 0 Å². The second-order valence-electron chi connectivity index (χ2n) is 5.46. The number of benzene rings is 2. The lowest BCUT2D eigenvalue weighted by atomic mass is 9.98. The molecule has 4 heteroatoms. The van der Waals surface area contributed by atoms with Crippen molar-refractivity contribution in [2.24, 2.45) is 5.73 Å². The summed E-state index contributed by atoms with van der Waals surface area (Å²) in [5.74, 6) is -1.18. The number of fused-ring (bicyclic) bond motifs is 1. The minimum atomic E-state index is -0.804. The van der Waals surface area contributed by atoms with E-state index < -0.39 is 11.6 Å². The van der Waals surface area contributed by atoms with Gasteiger partial charge in [0.05, 0.1) is 0 Å². The van der Waals surface area contributed by atoms with Crippen LogP contribution in [0.5, 0.6) is 0 Å². The number of nitrogens with zero attached hydrogens (tertiary/aromatic N) is 1. The third kappa shape index (κ3) is 2.76. The monoisotopic (exact) mass is 288 g/mol. The van der Waals surface area contributed by atoms with Crippen molar-refractivity contribution in [1.29, 1.82) is 0 Å². The van der Waals surface area contributed by atoms with Gasteiger partial charge in [-0.05, 0) is 42.3 Å². The summed E-state index contributed by atoms with van der Waals surface area (Å²) in [5, 5.41) is 0. The Balaban J connectivity index is 1.84. The summed E-state index contributed by atoms with van der Waals surface area (Å²) >= 11 is 0. The molecule has 0 bridgehead atoms. The van der Waals surface area contributed by atoms with Gasteiger partial charge in [0, 0.05) is 24.7 Å². The Morgan fingerprint density at radius 2 is 1.90 bits per heavy atom. The molecule has 0 saturated carbocycles. The van der Waals surface area contributed by atoms with E-state index in [4.69, 9.17) is 5.73 Å². The first-order valence-electron chi connectivity index (χ1n) is 7.17. The lowest BCUT2D eigenvalue weighted by molar-refractivity contribution is 0.506. The van der Waals surface area contributed by atoms with Crippen LogP contribution in [0.25, 0.3) is 0 Å². The Kier molecular flexibility index (Phi) is 3.88. The Bertz CT molecular complexity index is 642. The molecule has 1 aliphatic heterocycles. The van der Waals surface area contributed by atoms with Crippen LogP contribution in [0.1, 0.15) is 23.5 Å². The van der Waals surface area contributed by atoms with Crippen LogP contribution in [-0.4, -0.2) is 13.1 Å². The van der Waals surface area contributed by atoms with Gasteiger partial charge in [0.1, 0.15) is 0 Å². The van der Waals surface area contributed by atoms with Gasteiger partial charge in [0.2, 0.25) is 0 Å². The van der Waals surface area contributed by atoms with Crippen LogP contribution in [0.3, 0.4) is 0 Å². The number of para-hydroxylation sites is 1. The lowest BCUT2D eigenvalue weighted by Crippen LogP contribution is -2.22. The summed E-state index contributed by atoms with van der Waals surface area (Å²) < 4.78 is 26.3. The number of halogens is 2. The van der Waals surface area contributed by atoms with Gasteiger partial charge in [-0.1, -0.05) is 24.3 Å². The first-order chi connectivity index (χ1) is 10.2. The average molecular weight is 288 g/mol. The van der Waals surface area contributed by atoms with E-state index in [0.29, 0.717) is 19.0 Å². The predicted octanol–water partition coefficient (Wildman–Crippen LogP) is 3.42. The number of anilines is 1. The molecule has 1 atom stereocenters. The maximum Gasteiger partial charge on any atom is 0.159 e. The van der Waals surface area contributed by atoms with Gasteiger partial charge in [-0.15, -0.1) is 0 Å². The van der Waals surface area contributed by atoms with E-state index in [0.717, 1.165) is 18.5 Å². The van der Waals surface area contributed by atoms with Crippen LogP contribution in [0.4, 0.5) is 14.5 Å². The molecule has 3 rings (SSSR count). The second kappa shape index (κ2) is 5.82. The summed E-state index contributed by atoms with van der Waals surface area (Å²) in [6, 6.07) is 12.3. The molecule has 0 aromatic heterocycles. The molecule has 0 saturated heterocycles. The highest BCUT2D eigenvalue weighted by atomic mass is 19.2. The molecule has 2 nitrogen and oxygen atoms in total. The fraction of sp³-hybridized carbons (Fsp3) is 0.294. The minimum Gasteiger partial charge on any atom is -0.366 e. The van der Waals surface area contributed by atoms with Gasteiger partial charge >= 0.3 is 0 Å². The SMILES string of the molecule is NCCC1CN(Cc2ccc(F)c(F)c2)c2ccccc21. The van der Waals surface area contributed by atoms with Gasteiger partial charge in [-0.2, -0.15) is 0 Å². The fourth-order valence-electron chi connectivity index (χ4n) is 3.04. The third-order valence-electron chi connectivity index (χ3n) is 4.03. The maximum absolute atomic E-state index is 13.3. The zero-order valence-electron chi connectivity index (χ0n) is 11.7. The lowest BCUT2D eigenvalue weighted by Gasteiger charge is -2.20. The first kappa shape index (κ1) is 14.0. The van der Waals surface area contributed by atoms with E-state index in [-0.39, 0.29) is 0 Å². The summed E-state index contributed by atoms with van der Waals surface area (Å²) in [6.45, 7) is 2.10. The van der Waals surface area contributed by atoms with Crippen molar-refractivity contribution >= 4 is 5.69 Å². The van der Waals surface area contributed by atoms with Crippen LogP contribution in [-0.2, 0) is 6.54 Å². The smallest absolute Gasteiger partial charge is 0.159 e. The van der Waals surface area contributed by atoms with Crippen molar-refractivity contribution in [3.8, 4) is 0 Å². The van der Waals surface area contributed by atoms with Crippen molar-refractivity contribution in [2.45, 2.75) is 18.9 Å². The molecular weight excluding hydrogens is 270 g/mol. The van der Waals surface area contributed by atoms with Crippen LogP contribution < -0.4 is 10.6 Å². The highest BCUT2D eigenvalue weighted by Crippen LogP contribution is 2.38. The molecule has 2 aromatic rings. The molecule has 21 heavy (non-hydrogen) atoms. The van der Waals surface area contributed by atoms with Crippen LogP contribution in [0.15, 0.2) is 42.5 Å². The first-order valence-corrected chi connectivity index (χ1v) is 7.17. The fourth-order valence-corrected chi connectivity index (χ4v) is 3.04. The molecule has 2 aromatic carbocycles. The third-order valence-corrected chi connectivity index (χ3v) is 4.03. The van der Waals surface area contributed by atoms with Gasteiger partial charge < -0.3 is 10.6 Å². The number of hydrogen-bond acceptors (Lipinski definition) is 2. The van der Waals surface area contributed by atoms with Crippen molar-refractivity contribution in [1.82, 2.24) is 0 Å². The number of rotatable bonds is 4. The van der Waals surface area contributed by atoms with Crippen molar-refractivity contribution in [3.63, 3.8) is 0 Å². The Hall–Kier alpha value is -1.94. The summed E-state index contributed by atoms with van der Waals surface area (Å²) in [7, 11) is 0. The molecule has 1 aliphatic rings. The molecule has 110 valence electrons. The standard InChI is InChI=1S/C17H18F2N2/c18-15-6-5-12(9-16(15)19)10-21-11-13(7-8-20)14-3-1-2-4-17(14)21/h1-6,9,13H,7-8,10-11,20H2. The van der Waals surface area contributed by atoms with E-state index in [1.807, 2.05) is 12.1 Å². The topological polar surface area (TPSA) is 29.3 Å². The van der Waals surface area contributed by atoms with Crippen LogP contribution in [0, 0.1) is 11.6 Å². The Morgan fingerprint density at radius 3 is 2.67 bits per heavy atom. The maximum atomic E-state index is 13.3. The molecule has 2 N–H and O–H groups in total. The van der Waals surface area contributed by atoms with E-state index in [2.05, 4.69) is 17.0 Å². The number of hydrogen-bond donors (Lipinski definition) is 1. The van der Waals surface area contributed by atoms with Gasteiger partial charge in [0.25, 0.3) is 0 Å². The van der Waals surface area contributed by atoms with Crippen molar-refractivity contribution in [3.05, 3.63) is 65.2 Å². The summed E-state index contributed by atoms with van der Waals surface area (Å²) in [6.07, 6.45) is 0.936. The zero-order chi connectivity index (χ0) is 14.8. The molecule has 0 fully saturated rings. The van der Waals surface area contributed by atoms with E-state index in [1.54, 1.807) is 6.07 Å². The molecule has 1 unspecified atom stereocenters. The predicted molar refractivity (Wildman–Crippen MR) is 80.3 cm³/mol. The zero-order valence-corrected chi connectivity index (χ0v) is 11.7.